The Morgan fingerprint density at radius 3 is 2.56 bits per heavy atom. The second-order valence-corrected chi connectivity index (χ2v) is 6.36. The van der Waals surface area contributed by atoms with Gasteiger partial charge < -0.3 is 19.2 Å². The molecule has 0 radical (unpaired) electrons. The summed E-state index contributed by atoms with van der Waals surface area (Å²) in [6.07, 6.45) is -0.793. The molecule has 2 rings (SSSR count). The van der Waals surface area contributed by atoms with Crippen LogP contribution >= 0.6 is 23.2 Å². The van der Waals surface area contributed by atoms with Crippen LogP contribution in [0.5, 0.6) is 5.75 Å². The Balaban J connectivity index is 2.03. The third-order valence-corrected chi connectivity index (χ3v) is 4.04. The summed E-state index contributed by atoms with van der Waals surface area (Å²) >= 11 is 11.9. The van der Waals surface area contributed by atoms with Gasteiger partial charge in [0.2, 0.25) is 0 Å². The van der Waals surface area contributed by atoms with Gasteiger partial charge in [-0.25, -0.2) is 4.79 Å². The van der Waals surface area contributed by atoms with Crippen molar-refractivity contribution in [2.75, 3.05) is 7.05 Å². The van der Waals surface area contributed by atoms with Crippen LogP contribution in [0.25, 0.3) is 0 Å². The Bertz CT molecular complexity index is 802. The molecule has 0 saturated carbocycles. The number of hydrogen-bond acceptors (Lipinski definition) is 4. The van der Waals surface area contributed by atoms with E-state index in [0.717, 1.165) is 0 Å². The van der Waals surface area contributed by atoms with Gasteiger partial charge in [-0.1, -0.05) is 23.2 Å². The molecular formula is C17H17Cl2NO5. The zero-order valence-corrected chi connectivity index (χ0v) is 15.4. The van der Waals surface area contributed by atoms with E-state index in [0.29, 0.717) is 27.3 Å². The number of benzene rings is 1. The highest BCUT2D eigenvalue weighted by atomic mass is 35.5. The lowest BCUT2D eigenvalue weighted by atomic mass is 10.2. The van der Waals surface area contributed by atoms with Crippen LogP contribution in [-0.4, -0.2) is 35.0 Å². The van der Waals surface area contributed by atoms with Crippen LogP contribution in [0.4, 0.5) is 0 Å². The van der Waals surface area contributed by atoms with E-state index in [-0.39, 0.29) is 18.0 Å². The number of carboxylic acids is 1. The Labute approximate surface area is 154 Å². The summed E-state index contributed by atoms with van der Waals surface area (Å²) in [7, 11) is 1.57. The fourth-order valence-electron chi connectivity index (χ4n) is 2.27. The molecule has 134 valence electrons. The fourth-order valence-corrected chi connectivity index (χ4v) is 2.72. The van der Waals surface area contributed by atoms with E-state index < -0.39 is 12.1 Å². The summed E-state index contributed by atoms with van der Waals surface area (Å²) < 4.78 is 11.0. The molecule has 0 spiro atoms. The molecule has 6 nitrogen and oxygen atoms in total. The van der Waals surface area contributed by atoms with Gasteiger partial charge in [-0.2, -0.15) is 0 Å². The first-order valence-electron chi connectivity index (χ1n) is 7.38. The van der Waals surface area contributed by atoms with Gasteiger partial charge in [0.1, 0.15) is 22.8 Å². The van der Waals surface area contributed by atoms with Gasteiger partial charge in [0.25, 0.3) is 5.91 Å². The van der Waals surface area contributed by atoms with E-state index in [1.807, 2.05) is 0 Å². The van der Waals surface area contributed by atoms with Crippen LogP contribution in [0.2, 0.25) is 10.0 Å². The first kappa shape index (κ1) is 19.1. The highest BCUT2D eigenvalue weighted by Gasteiger charge is 2.22. The normalized spacial score (nSPS) is 11.9. The third kappa shape index (κ3) is 4.67. The summed E-state index contributed by atoms with van der Waals surface area (Å²) in [4.78, 5) is 24.9. The Morgan fingerprint density at radius 1 is 1.32 bits per heavy atom. The number of halogens is 2. The molecule has 1 unspecified atom stereocenters. The summed E-state index contributed by atoms with van der Waals surface area (Å²) in [5.74, 6) is -0.363. The third-order valence-electron chi connectivity index (χ3n) is 3.51. The number of carbonyl (C=O) groups excluding carboxylic acids is 1. The molecule has 0 saturated heterocycles. The molecule has 1 heterocycles. The first-order valence-corrected chi connectivity index (χ1v) is 8.14. The van der Waals surface area contributed by atoms with Crippen LogP contribution in [0.3, 0.4) is 0 Å². The van der Waals surface area contributed by atoms with Crippen LogP contribution < -0.4 is 4.74 Å². The Kier molecular flexibility index (Phi) is 5.98. The number of hydrogen-bond donors (Lipinski definition) is 1. The molecule has 0 aliphatic carbocycles. The molecule has 0 fully saturated rings. The van der Waals surface area contributed by atoms with Gasteiger partial charge in [-0.3, -0.25) is 4.79 Å². The fraction of sp³-hybridized carbons (Fsp3) is 0.294. The van der Waals surface area contributed by atoms with Crippen LogP contribution in [0.15, 0.2) is 28.7 Å². The minimum Gasteiger partial charge on any atom is -0.479 e. The van der Waals surface area contributed by atoms with Crippen molar-refractivity contribution >= 4 is 35.1 Å². The number of carbonyl (C=O) groups is 2. The van der Waals surface area contributed by atoms with Crippen LogP contribution in [-0.2, 0) is 11.3 Å². The van der Waals surface area contributed by atoms with Gasteiger partial charge in [0.15, 0.2) is 6.10 Å². The molecule has 8 heteroatoms. The van der Waals surface area contributed by atoms with Crippen molar-refractivity contribution in [1.82, 2.24) is 4.90 Å². The lowest BCUT2D eigenvalue weighted by molar-refractivity contribution is -0.137. The predicted molar refractivity (Wildman–Crippen MR) is 93.4 cm³/mol. The Hall–Kier alpha value is -2.18. The molecule has 1 N–H and O–H groups in total. The van der Waals surface area contributed by atoms with Crippen molar-refractivity contribution in [2.24, 2.45) is 0 Å². The van der Waals surface area contributed by atoms with Crippen LogP contribution in [0.1, 0.15) is 28.8 Å². The molecule has 1 atom stereocenters. The standard InChI is InChI=1S/C17H17Cl2NO5/c1-9-13(17(22)23)7-12(24-9)8-20(3)16(21)10(2)25-15-5-4-11(18)6-14(15)19/h4-7,10H,8H2,1-3H3,(H,22,23). The lowest BCUT2D eigenvalue weighted by Gasteiger charge is -2.21. The highest BCUT2D eigenvalue weighted by Crippen LogP contribution is 2.28. The minimum absolute atomic E-state index is 0.0769. The van der Waals surface area contributed by atoms with E-state index in [4.69, 9.17) is 37.5 Å². The number of aromatic carboxylic acids is 1. The van der Waals surface area contributed by atoms with Crippen molar-refractivity contribution in [3.8, 4) is 5.75 Å². The summed E-state index contributed by atoms with van der Waals surface area (Å²) in [6, 6.07) is 6.13. The zero-order chi connectivity index (χ0) is 18.7. The van der Waals surface area contributed by atoms with Gasteiger partial charge in [0.05, 0.1) is 11.6 Å². The number of rotatable bonds is 6. The van der Waals surface area contributed by atoms with Gasteiger partial charge in [0, 0.05) is 12.1 Å². The molecule has 0 bridgehead atoms. The topological polar surface area (TPSA) is 80.0 Å². The highest BCUT2D eigenvalue weighted by molar-refractivity contribution is 6.35. The monoisotopic (exact) mass is 385 g/mol. The van der Waals surface area contributed by atoms with Crippen molar-refractivity contribution in [2.45, 2.75) is 26.5 Å². The number of ether oxygens (including phenoxy) is 1. The summed E-state index contributed by atoms with van der Waals surface area (Å²) in [5.41, 5.74) is 0.0769. The Morgan fingerprint density at radius 2 is 2.00 bits per heavy atom. The molecule has 25 heavy (non-hydrogen) atoms. The van der Waals surface area contributed by atoms with Crippen LogP contribution in [0, 0.1) is 6.92 Å². The van der Waals surface area contributed by atoms with E-state index >= 15 is 0 Å². The quantitative estimate of drug-likeness (QED) is 0.811. The molecule has 1 aromatic carbocycles. The molecular weight excluding hydrogens is 369 g/mol. The number of furan rings is 1. The van der Waals surface area contributed by atoms with E-state index in [9.17, 15) is 9.59 Å². The smallest absolute Gasteiger partial charge is 0.339 e. The minimum atomic E-state index is -1.07. The summed E-state index contributed by atoms with van der Waals surface area (Å²) in [5, 5.41) is 9.81. The molecule has 0 aliphatic rings. The van der Waals surface area contributed by atoms with Crippen molar-refractivity contribution < 1.29 is 23.8 Å². The van der Waals surface area contributed by atoms with Crippen molar-refractivity contribution in [3.63, 3.8) is 0 Å². The second kappa shape index (κ2) is 7.80. The number of aryl methyl sites for hydroxylation is 1. The lowest BCUT2D eigenvalue weighted by Crippen LogP contribution is -2.37. The first-order chi connectivity index (χ1) is 11.7. The molecule has 1 aromatic heterocycles. The van der Waals surface area contributed by atoms with Gasteiger partial charge in [-0.15, -0.1) is 0 Å². The van der Waals surface area contributed by atoms with E-state index in [1.165, 1.54) is 17.0 Å². The molecule has 2 aromatic rings. The number of amides is 1. The maximum atomic E-state index is 12.4. The number of likely N-dealkylation sites (N-methyl/N-ethyl adjacent to an activating group) is 1. The maximum Gasteiger partial charge on any atom is 0.339 e. The van der Waals surface area contributed by atoms with E-state index in [2.05, 4.69) is 0 Å². The SMILES string of the molecule is Cc1oc(CN(C)C(=O)C(C)Oc2ccc(Cl)cc2Cl)cc1C(=O)O. The number of nitrogens with zero attached hydrogens (tertiary/aromatic N) is 1. The molecule has 1 amide bonds. The second-order valence-electron chi connectivity index (χ2n) is 5.52. The van der Waals surface area contributed by atoms with E-state index in [1.54, 1.807) is 33.0 Å². The maximum absolute atomic E-state index is 12.4. The zero-order valence-electron chi connectivity index (χ0n) is 13.9. The largest absolute Gasteiger partial charge is 0.479 e. The van der Waals surface area contributed by atoms with Gasteiger partial charge in [-0.05, 0) is 38.1 Å². The van der Waals surface area contributed by atoms with Gasteiger partial charge >= 0.3 is 5.97 Å². The summed E-state index contributed by atoms with van der Waals surface area (Å²) in [6.45, 7) is 3.28. The average molecular weight is 386 g/mol. The number of carboxylic acid groups (broad SMARTS) is 1. The van der Waals surface area contributed by atoms with Crippen molar-refractivity contribution in [1.29, 1.82) is 0 Å². The predicted octanol–water partition coefficient (Wildman–Crippen LogP) is 4.02. The average Bonchev–Trinajstić information content (AvgIpc) is 2.89. The van der Waals surface area contributed by atoms with Crippen molar-refractivity contribution in [3.05, 3.63) is 51.4 Å². The molecule has 0 aliphatic heterocycles.